The van der Waals surface area contributed by atoms with Gasteiger partial charge in [0.1, 0.15) is 6.04 Å². The average Bonchev–Trinajstić information content (AvgIpc) is 2.36. The molecule has 4 nitrogen and oxygen atoms in total. The molecule has 1 aromatic carbocycles. The number of anilines is 2. The first-order valence-electron chi connectivity index (χ1n) is 5.36. The molecule has 0 saturated heterocycles. The first kappa shape index (κ1) is 20.5. The molecule has 7 heteroatoms. The Labute approximate surface area is 130 Å². The Morgan fingerprint density at radius 1 is 1.37 bits per heavy atom. The lowest BCUT2D eigenvalue weighted by Gasteiger charge is -2.17. The van der Waals surface area contributed by atoms with E-state index < -0.39 is 0 Å². The molecule has 0 fully saturated rings. The van der Waals surface area contributed by atoms with E-state index in [-0.39, 0.29) is 36.8 Å². The van der Waals surface area contributed by atoms with Gasteiger partial charge < -0.3 is 15.8 Å². The van der Waals surface area contributed by atoms with Gasteiger partial charge in [-0.25, -0.2) is 4.79 Å². The fourth-order valence-corrected chi connectivity index (χ4v) is 1.88. The van der Waals surface area contributed by atoms with Gasteiger partial charge in [0.05, 0.1) is 7.11 Å². The number of carbonyl (C=O) groups is 1. The standard InChI is InChI=1S/C12H18N2O2S.2ClH/c1-16-12(15)11(7-8-17-2)14-10-5-3-9(13)4-6-10;;/h3-6,11,14H,7-8,13H2,1-2H3;2*1H. The second-order valence-corrected chi connectivity index (χ2v) is 4.61. The van der Waals surface area contributed by atoms with Gasteiger partial charge in [0.2, 0.25) is 0 Å². The molecule has 0 aromatic heterocycles. The van der Waals surface area contributed by atoms with Gasteiger partial charge >= 0.3 is 5.97 Å². The number of hydrogen-bond acceptors (Lipinski definition) is 5. The predicted molar refractivity (Wildman–Crippen MR) is 87.8 cm³/mol. The number of hydrogen-bond donors (Lipinski definition) is 2. The average molecular weight is 327 g/mol. The van der Waals surface area contributed by atoms with Gasteiger partial charge in [0.25, 0.3) is 0 Å². The molecular formula is C12H20Cl2N2O2S. The van der Waals surface area contributed by atoms with E-state index >= 15 is 0 Å². The Morgan fingerprint density at radius 3 is 2.42 bits per heavy atom. The van der Waals surface area contributed by atoms with E-state index in [1.165, 1.54) is 7.11 Å². The molecule has 0 aliphatic rings. The highest BCUT2D eigenvalue weighted by atomic mass is 35.5. The number of benzene rings is 1. The van der Waals surface area contributed by atoms with E-state index in [1.807, 2.05) is 18.4 Å². The number of rotatable bonds is 6. The van der Waals surface area contributed by atoms with Crippen LogP contribution in [0.2, 0.25) is 0 Å². The van der Waals surface area contributed by atoms with Crippen LogP contribution in [0, 0.1) is 0 Å². The van der Waals surface area contributed by atoms with E-state index in [2.05, 4.69) is 5.32 Å². The summed E-state index contributed by atoms with van der Waals surface area (Å²) in [6.07, 6.45) is 2.75. The van der Waals surface area contributed by atoms with Crippen LogP contribution in [0.1, 0.15) is 6.42 Å². The Hall–Kier alpha value is -0.780. The maximum atomic E-state index is 11.6. The molecule has 0 heterocycles. The number of carbonyl (C=O) groups excluding carboxylic acids is 1. The third-order valence-corrected chi connectivity index (χ3v) is 2.99. The fourth-order valence-electron chi connectivity index (χ4n) is 1.41. The minimum absolute atomic E-state index is 0. The van der Waals surface area contributed by atoms with Gasteiger partial charge in [-0.3, -0.25) is 0 Å². The summed E-state index contributed by atoms with van der Waals surface area (Å²) in [7, 11) is 1.40. The summed E-state index contributed by atoms with van der Waals surface area (Å²) in [4.78, 5) is 11.6. The molecule has 0 saturated carbocycles. The van der Waals surface area contributed by atoms with E-state index in [9.17, 15) is 4.79 Å². The van der Waals surface area contributed by atoms with E-state index in [1.54, 1.807) is 23.9 Å². The van der Waals surface area contributed by atoms with Crippen molar-refractivity contribution in [3.05, 3.63) is 24.3 Å². The molecule has 0 aliphatic carbocycles. The van der Waals surface area contributed by atoms with E-state index in [4.69, 9.17) is 10.5 Å². The summed E-state index contributed by atoms with van der Waals surface area (Å²) < 4.78 is 4.77. The molecule has 19 heavy (non-hydrogen) atoms. The second kappa shape index (κ2) is 11.1. The zero-order valence-electron chi connectivity index (χ0n) is 10.9. The van der Waals surface area contributed by atoms with Gasteiger partial charge in [-0.15, -0.1) is 24.8 Å². The Morgan fingerprint density at radius 2 is 1.95 bits per heavy atom. The highest BCUT2D eigenvalue weighted by molar-refractivity contribution is 7.98. The molecule has 3 N–H and O–H groups in total. The van der Waals surface area contributed by atoms with Crippen LogP contribution < -0.4 is 11.1 Å². The third-order valence-electron chi connectivity index (χ3n) is 2.35. The Bertz CT molecular complexity index is 363. The summed E-state index contributed by atoms with van der Waals surface area (Å²) in [5.41, 5.74) is 7.17. The first-order chi connectivity index (χ1) is 8.17. The first-order valence-corrected chi connectivity index (χ1v) is 6.75. The lowest BCUT2D eigenvalue weighted by Crippen LogP contribution is -2.31. The molecule has 0 spiro atoms. The van der Waals surface area contributed by atoms with Crippen LogP contribution in [0.4, 0.5) is 11.4 Å². The summed E-state index contributed by atoms with van der Waals surface area (Å²) >= 11 is 1.70. The summed E-state index contributed by atoms with van der Waals surface area (Å²) in [5.74, 6) is 0.665. The number of methoxy groups -OCH3 is 1. The van der Waals surface area contributed by atoms with Crippen molar-refractivity contribution in [2.24, 2.45) is 0 Å². The zero-order valence-corrected chi connectivity index (χ0v) is 13.4. The third kappa shape index (κ3) is 7.40. The van der Waals surface area contributed by atoms with Crippen molar-refractivity contribution < 1.29 is 9.53 Å². The van der Waals surface area contributed by atoms with Crippen molar-refractivity contribution >= 4 is 53.9 Å². The number of nitrogens with two attached hydrogens (primary N) is 1. The van der Waals surface area contributed by atoms with Gasteiger partial charge in [0, 0.05) is 11.4 Å². The Kier molecular flexibility index (Phi) is 12.0. The van der Waals surface area contributed by atoms with Crippen molar-refractivity contribution in [2.75, 3.05) is 30.2 Å². The van der Waals surface area contributed by atoms with Crippen LogP contribution >= 0.6 is 36.6 Å². The van der Waals surface area contributed by atoms with Crippen molar-refractivity contribution in [1.82, 2.24) is 0 Å². The monoisotopic (exact) mass is 326 g/mol. The SMILES string of the molecule is COC(=O)C(CCSC)Nc1ccc(N)cc1.Cl.Cl. The molecule has 1 aromatic rings. The van der Waals surface area contributed by atoms with E-state index in [0.29, 0.717) is 5.69 Å². The summed E-state index contributed by atoms with van der Waals surface area (Å²) in [5, 5.41) is 3.15. The van der Waals surface area contributed by atoms with Gasteiger partial charge in [-0.1, -0.05) is 0 Å². The van der Waals surface area contributed by atoms with Gasteiger partial charge in [-0.05, 0) is 42.7 Å². The van der Waals surface area contributed by atoms with Gasteiger partial charge in [-0.2, -0.15) is 11.8 Å². The topological polar surface area (TPSA) is 64.3 Å². The van der Waals surface area contributed by atoms with Crippen LogP contribution in [-0.4, -0.2) is 31.1 Å². The number of nitrogen functional groups attached to an aromatic ring is 1. The van der Waals surface area contributed by atoms with Crippen LogP contribution in [0.3, 0.4) is 0 Å². The lowest BCUT2D eigenvalue weighted by atomic mass is 10.2. The highest BCUT2D eigenvalue weighted by Crippen LogP contribution is 2.14. The molecular weight excluding hydrogens is 307 g/mol. The number of ether oxygens (including phenoxy) is 1. The molecule has 0 bridgehead atoms. The van der Waals surface area contributed by atoms with Crippen LogP contribution in [0.25, 0.3) is 0 Å². The normalized spacial score (nSPS) is 10.6. The smallest absolute Gasteiger partial charge is 0.328 e. The number of halogens is 2. The van der Waals surface area contributed by atoms with Crippen molar-refractivity contribution in [1.29, 1.82) is 0 Å². The summed E-state index contributed by atoms with van der Waals surface area (Å²) in [6.45, 7) is 0. The van der Waals surface area contributed by atoms with Crippen molar-refractivity contribution in [3.63, 3.8) is 0 Å². The van der Waals surface area contributed by atoms with Crippen molar-refractivity contribution in [3.8, 4) is 0 Å². The maximum absolute atomic E-state index is 11.6. The minimum Gasteiger partial charge on any atom is -0.467 e. The molecule has 0 aliphatic heterocycles. The van der Waals surface area contributed by atoms with Crippen LogP contribution in [-0.2, 0) is 9.53 Å². The Balaban J connectivity index is 0. The van der Waals surface area contributed by atoms with Crippen LogP contribution in [0.15, 0.2) is 24.3 Å². The molecule has 1 rings (SSSR count). The quantitative estimate of drug-likeness (QED) is 0.621. The van der Waals surface area contributed by atoms with E-state index in [0.717, 1.165) is 17.9 Å². The van der Waals surface area contributed by atoms with Crippen molar-refractivity contribution in [2.45, 2.75) is 12.5 Å². The predicted octanol–water partition coefficient (Wildman–Crippen LogP) is 2.82. The molecule has 110 valence electrons. The largest absolute Gasteiger partial charge is 0.467 e. The summed E-state index contributed by atoms with van der Waals surface area (Å²) in [6, 6.07) is 6.99. The molecule has 1 atom stereocenters. The minimum atomic E-state index is -0.309. The zero-order chi connectivity index (χ0) is 12.7. The maximum Gasteiger partial charge on any atom is 0.328 e. The molecule has 0 amide bonds. The van der Waals surface area contributed by atoms with Crippen LogP contribution in [0.5, 0.6) is 0 Å². The fraction of sp³-hybridized carbons (Fsp3) is 0.417. The number of thioether (sulfide) groups is 1. The van der Waals surface area contributed by atoms with Gasteiger partial charge in [0.15, 0.2) is 0 Å². The number of esters is 1. The highest BCUT2D eigenvalue weighted by Gasteiger charge is 2.18. The second-order valence-electron chi connectivity index (χ2n) is 3.62. The molecule has 1 unspecified atom stereocenters. The number of nitrogens with one attached hydrogen (secondary N) is 1. The molecule has 0 radical (unpaired) electrons. The lowest BCUT2D eigenvalue weighted by molar-refractivity contribution is -0.141.